The minimum absolute atomic E-state index is 0.0743. The van der Waals surface area contributed by atoms with Crippen LogP contribution in [0, 0.1) is 17.8 Å². The molecule has 0 radical (unpaired) electrons. The Balaban J connectivity index is 1.84. The van der Waals surface area contributed by atoms with Gasteiger partial charge in [-0.2, -0.15) is 0 Å². The molecule has 5 atom stereocenters. The second-order valence-electron chi connectivity index (χ2n) is 6.91. The molecule has 4 N–H and O–H groups in total. The minimum atomic E-state index is -0.832. The number of nitrogens with two attached hydrogens (primary N) is 1. The van der Waals surface area contributed by atoms with E-state index >= 15 is 0 Å². The molecule has 0 aromatic carbocycles. The maximum absolute atomic E-state index is 10.8. The molecule has 0 spiro atoms. The summed E-state index contributed by atoms with van der Waals surface area (Å²) >= 11 is 0. The standard InChI is InChI=1S/C18H29NO3/c1-12-6-7-13-4-2-3-5-17(13)16(12)9-8-14(20)10-15(21)11-18(19)22/h4,6-7,12,14-17,20-21H,2-3,5,8-11H2,1H3,(H2,19,22). The van der Waals surface area contributed by atoms with Gasteiger partial charge in [-0.15, -0.1) is 0 Å². The molecule has 4 nitrogen and oxygen atoms in total. The monoisotopic (exact) mass is 307 g/mol. The molecule has 0 aromatic heterocycles. The van der Waals surface area contributed by atoms with Crippen molar-refractivity contribution >= 4 is 5.91 Å². The SMILES string of the molecule is CC1C=CC2=CCCCC2C1CCC(O)CC(O)CC(N)=O. The van der Waals surface area contributed by atoms with E-state index in [4.69, 9.17) is 5.73 Å². The summed E-state index contributed by atoms with van der Waals surface area (Å²) in [5, 5.41) is 19.8. The molecule has 5 unspecified atom stereocenters. The van der Waals surface area contributed by atoms with Crippen molar-refractivity contribution in [3.05, 3.63) is 23.8 Å². The highest BCUT2D eigenvalue weighted by Crippen LogP contribution is 2.42. The van der Waals surface area contributed by atoms with Crippen LogP contribution in [0.3, 0.4) is 0 Å². The van der Waals surface area contributed by atoms with Crippen LogP contribution >= 0.6 is 0 Å². The van der Waals surface area contributed by atoms with E-state index in [0.29, 0.717) is 24.2 Å². The first-order valence-electron chi connectivity index (χ1n) is 8.50. The van der Waals surface area contributed by atoms with Crippen LogP contribution in [-0.4, -0.2) is 28.3 Å². The second kappa shape index (κ2) is 7.93. The van der Waals surface area contributed by atoms with Gasteiger partial charge in [-0.05, 0) is 61.9 Å². The Morgan fingerprint density at radius 3 is 2.91 bits per heavy atom. The Kier molecular flexibility index (Phi) is 6.21. The number of rotatable bonds is 7. The molecule has 0 saturated carbocycles. The molecule has 4 heteroatoms. The molecule has 124 valence electrons. The Morgan fingerprint density at radius 2 is 2.18 bits per heavy atom. The molecule has 0 bridgehead atoms. The number of aliphatic hydroxyl groups is 2. The lowest BCUT2D eigenvalue weighted by molar-refractivity contribution is -0.120. The largest absolute Gasteiger partial charge is 0.393 e. The third kappa shape index (κ3) is 4.68. The summed E-state index contributed by atoms with van der Waals surface area (Å²) in [4.78, 5) is 10.8. The van der Waals surface area contributed by atoms with Crippen molar-refractivity contribution in [2.75, 3.05) is 0 Å². The average Bonchev–Trinajstić information content (AvgIpc) is 2.45. The third-order valence-corrected chi connectivity index (χ3v) is 5.13. The molecule has 2 aliphatic rings. The number of carbonyl (C=O) groups excluding carboxylic acids is 1. The lowest BCUT2D eigenvalue weighted by Crippen LogP contribution is -2.29. The predicted molar refractivity (Wildman–Crippen MR) is 86.9 cm³/mol. The zero-order valence-electron chi connectivity index (χ0n) is 13.4. The molecule has 22 heavy (non-hydrogen) atoms. The predicted octanol–water partition coefficient (Wildman–Crippen LogP) is 2.30. The van der Waals surface area contributed by atoms with Crippen molar-refractivity contribution in [2.24, 2.45) is 23.5 Å². The van der Waals surface area contributed by atoms with Crippen molar-refractivity contribution in [1.29, 1.82) is 0 Å². The van der Waals surface area contributed by atoms with Gasteiger partial charge in [-0.25, -0.2) is 0 Å². The van der Waals surface area contributed by atoms with E-state index in [9.17, 15) is 15.0 Å². The summed E-state index contributed by atoms with van der Waals surface area (Å²) in [6.07, 6.45) is 11.0. The summed E-state index contributed by atoms with van der Waals surface area (Å²) in [5.41, 5.74) is 6.53. The van der Waals surface area contributed by atoms with Crippen LogP contribution in [0.4, 0.5) is 0 Å². The van der Waals surface area contributed by atoms with Gasteiger partial charge >= 0.3 is 0 Å². The normalized spacial score (nSPS) is 30.3. The fourth-order valence-corrected chi connectivity index (χ4v) is 3.95. The molecule has 0 aliphatic heterocycles. The first-order valence-corrected chi connectivity index (χ1v) is 8.50. The first kappa shape index (κ1) is 17.2. The number of primary amides is 1. The van der Waals surface area contributed by atoms with E-state index in [1.54, 1.807) is 0 Å². The summed E-state index contributed by atoms with van der Waals surface area (Å²) in [5.74, 6) is 1.20. The first-order chi connectivity index (χ1) is 10.5. The van der Waals surface area contributed by atoms with Gasteiger partial charge in [0.1, 0.15) is 0 Å². The fourth-order valence-electron chi connectivity index (χ4n) is 3.95. The Hall–Kier alpha value is -1.13. The van der Waals surface area contributed by atoms with Crippen LogP contribution in [0.1, 0.15) is 51.9 Å². The van der Waals surface area contributed by atoms with Crippen LogP contribution in [0.25, 0.3) is 0 Å². The van der Waals surface area contributed by atoms with Crippen LogP contribution in [0.2, 0.25) is 0 Å². The van der Waals surface area contributed by atoms with Crippen molar-refractivity contribution in [1.82, 2.24) is 0 Å². The van der Waals surface area contributed by atoms with Crippen LogP contribution in [0.5, 0.6) is 0 Å². The zero-order valence-corrected chi connectivity index (χ0v) is 13.4. The smallest absolute Gasteiger partial charge is 0.220 e. The molecule has 1 amide bonds. The average molecular weight is 307 g/mol. The summed E-state index contributed by atoms with van der Waals surface area (Å²) in [7, 11) is 0. The lowest BCUT2D eigenvalue weighted by atomic mass is 9.68. The van der Waals surface area contributed by atoms with E-state index in [1.165, 1.54) is 24.8 Å². The maximum Gasteiger partial charge on any atom is 0.220 e. The van der Waals surface area contributed by atoms with E-state index in [1.807, 2.05) is 0 Å². The molecule has 0 heterocycles. The summed E-state index contributed by atoms with van der Waals surface area (Å²) < 4.78 is 0. The number of allylic oxidation sites excluding steroid dienone is 4. The van der Waals surface area contributed by atoms with Gasteiger partial charge in [0, 0.05) is 0 Å². The second-order valence-corrected chi connectivity index (χ2v) is 6.91. The number of hydrogen-bond donors (Lipinski definition) is 3. The van der Waals surface area contributed by atoms with Crippen LogP contribution in [-0.2, 0) is 4.79 Å². The molecular formula is C18H29NO3. The van der Waals surface area contributed by atoms with Gasteiger partial charge < -0.3 is 15.9 Å². The van der Waals surface area contributed by atoms with Gasteiger partial charge in [0.05, 0.1) is 18.6 Å². The van der Waals surface area contributed by atoms with Gasteiger partial charge in [-0.1, -0.05) is 25.2 Å². The molecule has 0 aromatic rings. The van der Waals surface area contributed by atoms with E-state index in [-0.39, 0.29) is 12.8 Å². The highest BCUT2D eigenvalue weighted by molar-refractivity contribution is 5.74. The maximum atomic E-state index is 10.8. The summed E-state index contributed by atoms with van der Waals surface area (Å²) in [6, 6.07) is 0. The van der Waals surface area contributed by atoms with Crippen LogP contribution in [0.15, 0.2) is 23.8 Å². The molecule has 0 fully saturated rings. The Morgan fingerprint density at radius 1 is 1.41 bits per heavy atom. The number of aliphatic hydroxyl groups excluding tert-OH is 2. The third-order valence-electron chi connectivity index (χ3n) is 5.13. The van der Waals surface area contributed by atoms with Crippen molar-refractivity contribution in [3.8, 4) is 0 Å². The van der Waals surface area contributed by atoms with Gasteiger partial charge in [0.25, 0.3) is 0 Å². The van der Waals surface area contributed by atoms with Gasteiger partial charge in [0.2, 0.25) is 5.91 Å². The van der Waals surface area contributed by atoms with Gasteiger partial charge in [-0.3, -0.25) is 4.79 Å². The molecule has 2 aliphatic carbocycles. The molecule has 2 rings (SSSR count). The Labute approximate surface area is 133 Å². The molecule has 0 saturated heterocycles. The number of fused-ring (bicyclic) bond motifs is 1. The van der Waals surface area contributed by atoms with E-state index in [0.717, 1.165) is 6.42 Å². The highest BCUT2D eigenvalue weighted by Gasteiger charge is 2.32. The Bertz CT molecular complexity index is 444. The lowest BCUT2D eigenvalue weighted by Gasteiger charge is -2.37. The minimum Gasteiger partial charge on any atom is -0.393 e. The van der Waals surface area contributed by atoms with Crippen molar-refractivity contribution < 1.29 is 15.0 Å². The van der Waals surface area contributed by atoms with Crippen molar-refractivity contribution in [3.63, 3.8) is 0 Å². The van der Waals surface area contributed by atoms with Crippen molar-refractivity contribution in [2.45, 2.75) is 64.1 Å². The topological polar surface area (TPSA) is 83.6 Å². The van der Waals surface area contributed by atoms with E-state index < -0.39 is 18.1 Å². The molecular weight excluding hydrogens is 278 g/mol. The van der Waals surface area contributed by atoms with E-state index in [2.05, 4.69) is 25.2 Å². The van der Waals surface area contributed by atoms with Gasteiger partial charge in [0.15, 0.2) is 0 Å². The highest BCUT2D eigenvalue weighted by atomic mass is 16.3. The number of hydrogen-bond acceptors (Lipinski definition) is 3. The summed E-state index contributed by atoms with van der Waals surface area (Å²) in [6.45, 7) is 2.25. The number of amides is 1. The van der Waals surface area contributed by atoms with Crippen LogP contribution < -0.4 is 5.73 Å². The zero-order chi connectivity index (χ0) is 16.1. The number of carbonyl (C=O) groups is 1. The fraction of sp³-hybridized carbons (Fsp3) is 0.722. The quantitative estimate of drug-likeness (QED) is 0.675.